The molecule has 10 heteroatoms. The first-order chi connectivity index (χ1) is 9.56. The molecule has 20 heavy (non-hydrogen) atoms. The van der Waals surface area contributed by atoms with Crippen LogP contribution in [0, 0.1) is 0 Å². The number of nitrogens with one attached hydrogen (secondary N) is 1. The third kappa shape index (κ3) is 5.65. The Kier molecular flexibility index (Phi) is 6.43. The van der Waals surface area contributed by atoms with E-state index in [0.29, 0.717) is 11.7 Å². The van der Waals surface area contributed by atoms with Crippen molar-refractivity contribution in [3.8, 4) is 0 Å². The van der Waals surface area contributed by atoms with Crippen LogP contribution < -0.4 is 16.8 Å². The normalized spacial score (nSPS) is 22.2. The summed E-state index contributed by atoms with van der Waals surface area (Å²) in [6.07, 6.45) is 2.84. The van der Waals surface area contributed by atoms with Gasteiger partial charge in [-0.3, -0.25) is 9.79 Å². The monoisotopic (exact) mass is 283 g/mol. The first kappa shape index (κ1) is 15.9. The first-order valence-corrected chi connectivity index (χ1v) is 5.81. The molecule has 3 aliphatic rings. The number of carbonyl (C=O) groups is 1. The number of aliphatic hydroxyl groups is 1. The molecule has 10 nitrogen and oxygen atoms in total. The maximum absolute atomic E-state index is 9.65. The molecular formula is C10H17N7O3. The van der Waals surface area contributed by atoms with Crippen molar-refractivity contribution in [3.63, 3.8) is 0 Å². The molecule has 0 radical (unpaired) electrons. The number of nitrogens with two attached hydrogens (primary N) is 2. The van der Waals surface area contributed by atoms with E-state index in [2.05, 4.69) is 25.3 Å². The zero-order chi connectivity index (χ0) is 15.0. The number of nitrogens with zero attached hydrogens (tertiary/aromatic N) is 4. The molecule has 1 saturated heterocycles. The Labute approximate surface area is 115 Å². The van der Waals surface area contributed by atoms with Crippen LogP contribution in [0.2, 0.25) is 0 Å². The highest BCUT2D eigenvalue weighted by atomic mass is 16.4. The Balaban J connectivity index is 0.000000174. The Morgan fingerprint density at radius 1 is 1.45 bits per heavy atom. The van der Waals surface area contributed by atoms with E-state index >= 15 is 0 Å². The zero-order valence-corrected chi connectivity index (χ0v) is 10.7. The average molecular weight is 283 g/mol. The molecule has 0 aromatic rings. The Hall–Kier alpha value is -2.17. The van der Waals surface area contributed by atoms with Crippen molar-refractivity contribution in [2.24, 2.45) is 31.4 Å². The van der Waals surface area contributed by atoms with Gasteiger partial charge in [-0.15, -0.1) is 0 Å². The molecule has 3 heterocycles. The minimum atomic E-state index is -1.18. The van der Waals surface area contributed by atoms with Gasteiger partial charge in [0.2, 0.25) is 0 Å². The molecule has 0 spiro atoms. The maximum atomic E-state index is 9.65. The largest absolute Gasteiger partial charge is 0.480 e. The lowest BCUT2D eigenvalue weighted by atomic mass is 10.2. The number of hydrogen-bond acceptors (Lipinski definition) is 9. The van der Waals surface area contributed by atoms with Gasteiger partial charge in [0.1, 0.15) is 24.6 Å². The van der Waals surface area contributed by atoms with Gasteiger partial charge >= 0.3 is 5.97 Å². The second-order valence-corrected chi connectivity index (χ2v) is 3.83. The van der Waals surface area contributed by atoms with Crippen LogP contribution in [-0.2, 0) is 4.79 Å². The van der Waals surface area contributed by atoms with E-state index < -0.39 is 18.6 Å². The van der Waals surface area contributed by atoms with Crippen LogP contribution in [-0.4, -0.2) is 72.3 Å². The van der Waals surface area contributed by atoms with E-state index in [9.17, 15) is 4.79 Å². The van der Waals surface area contributed by atoms with Gasteiger partial charge in [0.15, 0.2) is 11.9 Å². The number of carboxylic acid groups (broad SMARTS) is 1. The molecule has 0 amide bonds. The number of amidine groups is 2. The fraction of sp³-hybridized carbons (Fsp3) is 0.500. The predicted molar refractivity (Wildman–Crippen MR) is 75.4 cm³/mol. The van der Waals surface area contributed by atoms with Gasteiger partial charge < -0.3 is 27.0 Å². The smallest absolute Gasteiger partial charge is 0.322 e. The third-order valence-electron chi connectivity index (χ3n) is 2.09. The van der Waals surface area contributed by atoms with Crippen molar-refractivity contribution in [1.82, 2.24) is 5.32 Å². The molecule has 1 fully saturated rings. The van der Waals surface area contributed by atoms with Crippen molar-refractivity contribution in [2.45, 2.75) is 12.1 Å². The third-order valence-corrected chi connectivity index (χ3v) is 2.09. The highest BCUT2D eigenvalue weighted by Gasteiger charge is 2.23. The number of carboxylic acids is 1. The van der Waals surface area contributed by atoms with E-state index in [-0.39, 0.29) is 6.04 Å². The molecule has 0 aromatic heterocycles. The van der Waals surface area contributed by atoms with Gasteiger partial charge in [-0.1, -0.05) is 0 Å². The van der Waals surface area contributed by atoms with E-state index in [1.807, 2.05) is 0 Å². The zero-order valence-electron chi connectivity index (χ0n) is 10.7. The second-order valence-electron chi connectivity index (χ2n) is 3.83. The number of aliphatic hydroxyl groups excluding tert-OH is 1. The molecular weight excluding hydrogens is 266 g/mol. The molecule has 7 N–H and O–H groups in total. The van der Waals surface area contributed by atoms with Crippen LogP contribution in [0.4, 0.5) is 0 Å². The summed E-state index contributed by atoms with van der Waals surface area (Å²) in [5.41, 5.74) is 10.3. The van der Waals surface area contributed by atoms with Crippen molar-refractivity contribution in [3.05, 3.63) is 0 Å². The Morgan fingerprint density at radius 3 is 2.50 bits per heavy atom. The summed E-state index contributed by atoms with van der Waals surface area (Å²) >= 11 is 0. The van der Waals surface area contributed by atoms with Crippen LogP contribution in [0.15, 0.2) is 20.0 Å². The quantitative estimate of drug-likeness (QED) is 0.340. The van der Waals surface area contributed by atoms with Crippen LogP contribution >= 0.6 is 0 Å². The average Bonchev–Trinajstić information content (AvgIpc) is 3.24. The van der Waals surface area contributed by atoms with Gasteiger partial charge in [-0.05, 0) is 0 Å². The molecule has 2 atom stereocenters. The number of fused-ring (bicyclic) bond motifs is 1. The molecule has 3 aliphatic heterocycles. The molecule has 0 aromatic carbocycles. The minimum absolute atomic E-state index is 0.218. The van der Waals surface area contributed by atoms with Crippen molar-refractivity contribution < 1.29 is 15.0 Å². The molecule has 0 aliphatic carbocycles. The number of aliphatic carboxylic acids is 1. The molecule has 0 bridgehead atoms. The van der Waals surface area contributed by atoms with Crippen molar-refractivity contribution in [2.75, 3.05) is 19.7 Å². The SMILES string of the molecule is C1CN1.NC(CO)C(=O)O.NC1=NC=NC2=NC=NC12. The van der Waals surface area contributed by atoms with E-state index in [1.54, 1.807) is 0 Å². The Morgan fingerprint density at radius 2 is 2.10 bits per heavy atom. The fourth-order valence-electron chi connectivity index (χ4n) is 0.912. The van der Waals surface area contributed by atoms with Gasteiger partial charge in [0.25, 0.3) is 0 Å². The standard InChI is InChI=1S/C5H5N5.C3H7NO3.C2H5N/c6-4-3-5(9-1-7-3)10-2-8-4;4-2(1-5)3(6)7;1-2-3-1/h1-3H,(H2,6,7,8,9,10);2,5H,1,4H2,(H,6,7);3H,1-2H2. The lowest BCUT2D eigenvalue weighted by Crippen LogP contribution is -2.34. The fourth-order valence-corrected chi connectivity index (χ4v) is 0.912. The van der Waals surface area contributed by atoms with Gasteiger partial charge in [0, 0.05) is 13.1 Å². The summed E-state index contributed by atoms with van der Waals surface area (Å²) in [5.74, 6) is -0.0856. The first-order valence-electron chi connectivity index (χ1n) is 5.81. The van der Waals surface area contributed by atoms with Crippen LogP contribution in [0.1, 0.15) is 0 Å². The van der Waals surface area contributed by atoms with Gasteiger partial charge in [0.05, 0.1) is 6.61 Å². The van der Waals surface area contributed by atoms with Crippen molar-refractivity contribution in [1.29, 1.82) is 0 Å². The van der Waals surface area contributed by atoms with Gasteiger partial charge in [-0.2, -0.15) is 0 Å². The number of aliphatic imine (C=N–C) groups is 4. The minimum Gasteiger partial charge on any atom is -0.480 e. The highest BCUT2D eigenvalue weighted by molar-refractivity contribution is 6.19. The lowest BCUT2D eigenvalue weighted by molar-refractivity contribution is -0.139. The van der Waals surface area contributed by atoms with E-state index in [4.69, 9.17) is 21.7 Å². The molecule has 0 saturated carbocycles. The number of hydrogen-bond donors (Lipinski definition) is 5. The molecule has 110 valence electrons. The van der Waals surface area contributed by atoms with Crippen molar-refractivity contribution >= 4 is 30.3 Å². The lowest BCUT2D eigenvalue weighted by Gasteiger charge is -2.08. The molecule has 3 rings (SSSR count). The van der Waals surface area contributed by atoms with E-state index in [0.717, 1.165) is 0 Å². The summed E-state index contributed by atoms with van der Waals surface area (Å²) in [6.45, 7) is 2.00. The van der Waals surface area contributed by atoms with Crippen LogP contribution in [0.25, 0.3) is 0 Å². The maximum Gasteiger partial charge on any atom is 0.322 e. The van der Waals surface area contributed by atoms with E-state index in [1.165, 1.54) is 25.8 Å². The Bertz CT molecular complexity index is 453. The molecule has 2 unspecified atom stereocenters. The summed E-state index contributed by atoms with van der Waals surface area (Å²) in [6, 6.07) is -1.34. The summed E-state index contributed by atoms with van der Waals surface area (Å²) in [7, 11) is 0. The van der Waals surface area contributed by atoms with Gasteiger partial charge in [-0.25, -0.2) is 15.0 Å². The summed E-state index contributed by atoms with van der Waals surface area (Å²) in [5, 5.41) is 18.9. The topological polar surface area (TPSA) is 181 Å². The van der Waals surface area contributed by atoms with Crippen LogP contribution in [0.3, 0.4) is 0 Å². The van der Waals surface area contributed by atoms with Crippen LogP contribution in [0.5, 0.6) is 0 Å². The highest BCUT2D eigenvalue weighted by Crippen LogP contribution is 2.05. The number of rotatable bonds is 2. The second kappa shape index (κ2) is 8.09. The predicted octanol–water partition coefficient (Wildman–Crippen LogP) is -2.83. The summed E-state index contributed by atoms with van der Waals surface area (Å²) in [4.78, 5) is 25.1. The summed E-state index contributed by atoms with van der Waals surface area (Å²) < 4.78 is 0.